The third-order valence-corrected chi connectivity index (χ3v) is 6.69. The van der Waals surface area contributed by atoms with Gasteiger partial charge in [-0.05, 0) is 42.5 Å². The van der Waals surface area contributed by atoms with E-state index in [4.69, 9.17) is 9.47 Å². The molecule has 0 saturated carbocycles. The normalized spacial score (nSPS) is 18.2. The van der Waals surface area contributed by atoms with Gasteiger partial charge in [-0.2, -0.15) is 0 Å². The number of carbonyl (C=O) groups excluding carboxylic acids is 3. The lowest BCUT2D eigenvalue weighted by Gasteiger charge is -2.30. The molecule has 2 unspecified atom stereocenters. The molecule has 0 radical (unpaired) electrons. The van der Waals surface area contributed by atoms with E-state index >= 15 is 0 Å². The van der Waals surface area contributed by atoms with Gasteiger partial charge in [0.15, 0.2) is 0 Å². The number of piperidine rings is 1. The molecule has 2 atom stereocenters. The number of hydrogen-bond acceptors (Lipinski definition) is 6. The SMILES string of the molecule is COc1ccccc1C(C)NCOCc1ccc2c3c(cccc13)N(C1CCC(=O)NC1=O)C2=O. The van der Waals surface area contributed by atoms with Crippen LogP contribution in [0.25, 0.3) is 10.8 Å². The number of hydrogen-bond donors (Lipinski definition) is 2. The average Bonchev–Trinajstić information content (AvgIpc) is 3.15. The average molecular weight is 474 g/mol. The molecule has 3 aromatic carbocycles. The van der Waals surface area contributed by atoms with Gasteiger partial charge in [-0.25, -0.2) is 0 Å². The van der Waals surface area contributed by atoms with Gasteiger partial charge in [0.1, 0.15) is 11.8 Å². The molecule has 2 N–H and O–H groups in total. The van der Waals surface area contributed by atoms with Gasteiger partial charge in [0.2, 0.25) is 11.8 Å². The van der Waals surface area contributed by atoms with Crippen LogP contribution in [-0.4, -0.2) is 37.6 Å². The third kappa shape index (κ3) is 4.15. The number of nitrogens with zero attached hydrogens (tertiary/aromatic N) is 1. The molecule has 3 amide bonds. The number of amides is 3. The lowest BCUT2D eigenvalue weighted by atomic mass is 10.0. The molecule has 0 aliphatic carbocycles. The van der Waals surface area contributed by atoms with Gasteiger partial charge in [0.05, 0.1) is 26.1 Å². The van der Waals surface area contributed by atoms with Gasteiger partial charge >= 0.3 is 0 Å². The highest BCUT2D eigenvalue weighted by molar-refractivity contribution is 6.27. The highest BCUT2D eigenvalue weighted by Crippen LogP contribution is 2.41. The fraction of sp³-hybridized carbons (Fsp3) is 0.296. The number of ether oxygens (including phenoxy) is 2. The smallest absolute Gasteiger partial charge is 0.259 e. The lowest BCUT2D eigenvalue weighted by Crippen LogP contribution is -2.53. The van der Waals surface area contributed by atoms with E-state index in [1.165, 1.54) is 4.90 Å². The lowest BCUT2D eigenvalue weighted by molar-refractivity contribution is -0.134. The number of imide groups is 1. The molecule has 180 valence electrons. The number of methoxy groups -OCH3 is 1. The van der Waals surface area contributed by atoms with Crippen molar-refractivity contribution in [1.29, 1.82) is 0 Å². The molecular formula is C27H27N3O5. The standard InChI is InChI=1S/C27H27N3O5/c1-16(18-6-3-4-9-23(18)34-2)28-15-35-14-17-10-11-20-25-19(17)7-5-8-21(25)30(27(20)33)22-12-13-24(31)29-26(22)32/h3-11,16,22,28H,12-15H2,1-2H3,(H,29,31,32). The number of benzene rings is 3. The molecule has 3 aromatic rings. The molecule has 1 saturated heterocycles. The van der Waals surface area contributed by atoms with Crippen LogP contribution < -0.4 is 20.3 Å². The van der Waals surface area contributed by atoms with Crippen molar-refractivity contribution in [1.82, 2.24) is 10.6 Å². The van der Waals surface area contributed by atoms with Crippen molar-refractivity contribution in [3.63, 3.8) is 0 Å². The van der Waals surface area contributed by atoms with E-state index in [9.17, 15) is 14.4 Å². The van der Waals surface area contributed by atoms with Crippen LogP contribution in [0.3, 0.4) is 0 Å². The molecule has 8 nitrogen and oxygen atoms in total. The molecule has 1 fully saturated rings. The summed E-state index contributed by atoms with van der Waals surface area (Å²) in [5.41, 5.74) is 3.26. The first-order valence-corrected chi connectivity index (χ1v) is 11.7. The van der Waals surface area contributed by atoms with Crippen molar-refractivity contribution in [2.45, 2.75) is 38.5 Å². The number of para-hydroxylation sites is 1. The van der Waals surface area contributed by atoms with Crippen LogP contribution in [-0.2, 0) is 20.9 Å². The summed E-state index contributed by atoms with van der Waals surface area (Å²) in [5, 5.41) is 7.44. The van der Waals surface area contributed by atoms with Crippen molar-refractivity contribution < 1.29 is 23.9 Å². The molecule has 35 heavy (non-hydrogen) atoms. The highest BCUT2D eigenvalue weighted by Gasteiger charge is 2.40. The summed E-state index contributed by atoms with van der Waals surface area (Å²) in [7, 11) is 1.66. The molecule has 5 rings (SSSR count). The Hall–Kier alpha value is -3.75. The zero-order valence-electron chi connectivity index (χ0n) is 19.7. The van der Waals surface area contributed by atoms with Gasteiger partial charge in [-0.15, -0.1) is 0 Å². The Morgan fingerprint density at radius 1 is 1.09 bits per heavy atom. The summed E-state index contributed by atoms with van der Waals surface area (Å²) >= 11 is 0. The molecule has 2 heterocycles. The van der Waals surface area contributed by atoms with E-state index in [0.717, 1.165) is 27.6 Å². The largest absolute Gasteiger partial charge is 0.496 e. The fourth-order valence-electron chi connectivity index (χ4n) is 4.91. The van der Waals surface area contributed by atoms with Crippen molar-refractivity contribution in [3.8, 4) is 5.75 Å². The fourth-order valence-corrected chi connectivity index (χ4v) is 4.91. The van der Waals surface area contributed by atoms with Gasteiger partial charge in [0.25, 0.3) is 5.91 Å². The quantitative estimate of drug-likeness (QED) is 0.296. The summed E-state index contributed by atoms with van der Waals surface area (Å²) in [5.74, 6) is -0.129. The van der Waals surface area contributed by atoms with E-state index in [-0.39, 0.29) is 24.3 Å². The predicted molar refractivity (Wildman–Crippen MR) is 131 cm³/mol. The second-order valence-electron chi connectivity index (χ2n) is 8.77. The Balaban J connectivity index is 1.32. The van der Waals surface area contributed by atoms with E-state index < -0.39 is 11.9 Å². The van der Waals surface area contributed by atoms with Gasteiger partial charge in [-0.3, -0.25) is 29.9 Å². The Morgan fingerprint density at radius 3 is 2.71 bits per heavy atom. The predicted octanol–water partition coefficient (Wildman–Crippen LogP) is 3.44. The minimum Gasteiger partial charge on any atom is -0.496 e. The van der Waals surface area contributed by atoms with Gasteiger partial charge in [0, 0.05) is 29.0 Å². The van der Waals surface area contributed by atoms with Crippen LogP contribution >= 0.6 is 0 Å². The van der Waals surface area contributed by atoms with Crippen LogP contribution in [0.15, 0.2) is 54.6 Å². The molecule has 2 aliphatic heterocycles. The zero-order valence-corrected chi connectivity index (χ0v) is 19.7. The first-order chi connectivity index (χ1) is 17.0. The summed E-state index contributed by atoms with van der Waals surface area (Å²) in [6, 6.07) is 16.6. The molecule has 0 bridgehead atoms. The first-order valence-electron chi connectivity index (χ1n) is 11.7. The Morgan fingerprint density at radius 2 is 1.91 bits per heavy atom. The van der Waals surface area contributed by atoms with E-state index in [0.29, 0.717) is 31.0 Å². The van der Waals surface area contributed by atoms with Crippen molar-refractivity contribution >= 4 is 34.2 Å². The van der Waals surface area contributed by atoms with Crippen LogP contribution in [0.1, 0.15) is 47.3 Å². The highest BCUT2D eigenvalue weighted by atomic mass is 16.5. The van der Waals surface area contributed by atoms with Crippen molar-refractivity contribution in [3.05, 3.63) is 71.3 Å². The molecule has 8 heteroatoms. The Bertz CT molecular complexity index is 1320. The van der Waals surface area contributed by atoms with Crippen LogP contribution in [0.2, 0.25) is 0 Å². The first kappa shape index (κ1) is 23.0. The van der Waals surface area contributed by atoms with Crippen molar-refractivity contribution in [2.75, 3.05) is 18.7 Å². The Kier molecular flexibility index (Phi) is 6.23. The van der Waals surface area contributed by atoms with Crippen LogP contribution in [0, 0.1) is 0 Å². The minimum atomic E-state index is -0.696. The zero-order chi connectivity index (χ0) is 24.5. The maximum Gasteiger partial charge on any atom is 0.259 e. The molecule has 2 aliphatic rings. The molecule has 0 aromatic heterocycles. The summed E-state index contributed by atoms with van der Waals surface area (Å²) in [6.07, 6.45) is 0.526. The maximum absolute atomic E-state index is 13.2. The monoisotopic (exact) mass is 473 g/mol. The molecular weight excluding hydrogens is 446 g/mol. The number of carbonyl (C=O) groups is 3. The van der Waals surface area contributed by atoms with Crippen LogP contribution in [0.4, 0.5) is 5.69 Å². The summed E-state index contributed by atoms with van der Waals surface area (Å²) in [6.45, 7) is 2.75. The number of anilines is 1. The van der Waals surface area contributed by atoms with Gasteiger partial charge < -0.3 is 9.47 Å². The molecule has 0 spiro atoms. The number of nitrogens with one attached hydrogen (secondary N) is 2. The minimum absolute atomic E-state index is 0.0404. The summed E-state index contributed by atoms with van der Waals surface area (Å²) in [4.78, 5) is 38.8. The Labute approximate surface area is 203 Å². The second-order valence-corrected chi connectivity index (χ2v) is 8.77. The summed E-state index contributed by atoms with van der Waals surface area (Å²) < 4.78 is 11.4. The van der Waals surface area contributed by atoms with E-state index in [2.05, 4.69) is 17.6 Å². The van der Waals surface area contributed by atoms with Crippen LogP contribution in [0.5, 0.6) is 5.75 Å². The maximum atomic E-state index is 13.2. The second kappa shape index (κ2) is 9.48. The topological polar surface area (TPSA) is 97.0 Å². The van der Waals surface area contributed by atoms with Crippen molar-refractivity contribution in [2.24, 2.45) is 0 Å². The van der Waals surface area contributed by atoms with E-state index in [1.54, 1.807) is 13.2 Å². The number of rotatable bonds is 8. The van der Waals surface area contributed by atoms with E-state index in [1.807, 2.05) is 48.5 Å². The third-order valence-electron chi connectivity index (χ3n) is 6.69. The van der Waals surface area contributed by atoms with Gasteiger partial charge in [-0.1, -0.05) is 36.4 Å².